The van der Waals surface area contributed by atoms with Gasteiger partial charge in [0.15, 0.2) is 0 Å². The SMILES string of the molecule is Cc1cc2oc3ccccc3c2cc1C1C(C)N2CC1(C)c1ccccc12.Cc1cc2oc3ccccc3c2cc1C1C(C)N2CCC1(C)CC2.Cc1cc2oc3ccccc3c2cc1C1C(C)N2CCC1(C)CC2C.Cc1cc2oc3ccccc3c2cc1C1C2CCN(CC2)C1C.Cc1cc2oc3ccccc3c2cc1C1C2CN(c3ccccc32)C1C. The first-order chi connectivity index (χ1) is 60.6. The number of fused-ring (bicyclic) bond motifs is 34. The van der Waals surface area contributed by atoms with Crippen LogP contribution in [0.4, 0.5) is 11.4 Å². The molecule has 11 fully saturated rings. The molecule has 0 spiro atoms. The molecule has 0 radical (unpaired) electrons. The zero-order chi connectivity index (χ0) is 85.1. The molecule has 10 bridgehead atoms. The van der Waals surface area contributed by atoms with Gasteiger partial charge in [0.1, 0.15) is 55.8 Å². The molecule has 5 aromatic heterocycles. The summed E-state index contributed by atoms with van der Waals surface area (Å²) in [4.78, 5) is 13.3. The van der Waals surface area contributed by atoms with Crippen molar-refractivity contribution in [3.05, 3.63) is 297 Å². The zero-order valence-corrected chi connectivity index (χ0v) is 75.4. The van der Waals surface area contributed by atoms with E-state index in [1.165, 1.54) is 198 Å². The van der Waals surface area contributed by atoms with E-state index >= 15 is 0 Å². The normalized spacial score (nSPS) is 29.5. The molecule has 15 unspecified atom stereocenters. The second-order valence-electron chi connectivity index (χ2n) is 40.8. The van der Waals surface area contributed by atoms with Crippen molar-refractivity contribution in [3.63, 3.8) is 0 Å². The molecule has 11 saturated heterocycles. The molecule has 15 atom stereocenters. The lowest BCUT2D eigenvalue weighted by atomic mass is 9.58. The Hall–Kier alpha value is -10.9. The van der Waals surface area contributed by atoms with Gasteiger partial charge in [0.2, 0.25) is 0 Å². The third-order valence-electron chi connectivity index (χ3n) is 34.0. The maximum atomic E-state index is 6.11. The lowest BCUT2D eigenvalue weighted by Gasteiger charge is -2.59. The number of piperidine rings is 9. The minimum atomic E-state index is 0.161. The van der Waals surface area contributed by atoms with Gasteiger partial charge < -0.3 is 36.8 Å². The van der Waals surface area contributed by atoms with Crippen LogP contribution in [0, 0.1) is 51.4 Å². The standard InChI is InChI=1S/C25H23NO.C24H21NO.C23H27NO.C22H25NO.C21H23NO/c1-15-12-23-19(17-8-4-7-11-22(17)27-23)13-18(15)24-16(2)26-14-25(24,3)20-9-5-6-10-21(20)26;1-14-11-23-19(17-8-4-6-10-22(17)26-23)12-18(14)24-15(2)25-13-20(24)16-7-3-5-9-21(16)25;1-14-11-21-19(17-7-5-6-8-20(17)25-21)12-18(14)22-16(3)24-10-9-23(22,4)13-15(24)2;1-14-12-20-18(16-6-4-5-7-19(16)24-20)13-17(14)21-15(2)23-10-8-22(21,3)9-11-23;1-13-11-20-18(16-5-3-4-6-19(16)23-20)12-17(13)21-14(2)22-9-7-15(21)8-10-22/h4-13,16,24H,14H2,1-3H3;3-12,15,20,24H,13H2,1-2H3;5-8,11-12,15-16,22H,9-10,13H2,1-4H3;4-7,12-13,15,21H,8-11H2,1-3H3;3-6,11-12,14-15,21H,7-10H2,1-2H3. The Bertz CT molecular complexity index is 7130. The third kappa shape index (κ3) is 12.4. The highest BCUT2D eigenvalue weighted by Gasteiger charge is 2.57. The Morgan fingerprint density at radius 3 is 1.12 bits per heavy atom. The van der Waals surface area contributed by atoms with Crippen molar-refractivity contribution in [1.29, 1.82) is 0 Å². The van der Waals surface area contributed by atoms with Crippen LogP contribution in [-0.4, -0.2) is 96.8 Å². The van der Waals surface area contributed by atoms with Crippen LogP contribution in [0.15, 0.2) is 253 Å². The van der Waals surface area contributed by atoms with Crippen molar-refractivity contribution >= 4 is 121 Å². The van der Waals surface area contributed by atoms with E-state index in [4.69, 9.17) is 22.1 Å². The summed E-state index contributed by atoms with van der Waals surface area (Å²) in [5.41, 5.74) is 31.3. The molecular weight excluding hydrogens is 1530 g/mol. The molecule has 0 N–H and O–H groups in total. The molecule has 125 heavy (non-hydrogen) atoms. The summed E-state index contributed by atoms with van der Waals surface area (Å²) in [5, 5.41) is 12.5. The van der Waals surface area contributed by atoms with Crippen molar-refractivity contribution in [2.45, 2.75) is 213 Å². The quantitative estimate of drug-likeness (QED) is 0.166. The van der Waals surface area contributed by atoms with Gasteiger partial charge >= 0.3 is 0 Å². The van der Waals surface area contributed by atoms with Crippen molar-refractivity contribution in [2.75, 3.05) is 55.6 Å². The highest BCUT2D eigenvalue weighted by Crippen LogP contribution is 2.61. The lowest BCUT2D eigenvalue weighted by molar-refractivity contribution is -0.0623. The van der Waals surface area contributed by atoms with Crippen molar-refractivity contribution in [2.24, 2.45) is 16.7 Å². The summed E-state index contributed by atoms with van der Waals surface area (Å²) in [6, 6.07) is 86.9. The predicted molar refractivity (Wildman–Crippen MR) is 518 cm³/mol. The lowest BCUT2D eigenvalue weighted by Crippen LogP contribution is -2.60. The molecule has 10 nitrogen and oxygen atoms in total. The van der Waals surface area contributed by atoms with Gasteiger partial charge in [-0.1, -0.05) is 148 Å². The van der Waals surface area contributed by atoms with Crippen LogP contribution in [0.5, 0.6) is 0 Å². The Labute approximate surface area is 735 Å². The molecule has 12 aromatic carbocycles. The fourth-order valence-corrected chi connectivity index (χ4v) is 27.8. The van der Waals surface area contributed by atoms with Crippen LogP contribution in [0.25, 0.3) is 110 Å². The number of benzene rings is 12. The first-order valence-electron chi connectivity index (χ1n) is 47.1. The number of nitrogens with zero attached hydrogens (tertiary/aromatic N) is 5. The average Bonchev–Trinajstić information content (AvgIpc) is 1.53. The monoisotopic (exact) mass is 1650 g/mol. The molecule has 18 heterocycles. The molecule has 13 aliphatic heterocycles. The highest BCUT2D eigenvalue weighted by atomic mass is 16.3. The van der Waals surface area contributed by atoms with E-state index in [2.05, 4.69) is 334 Å². The molecule has 0 amide bonds. The minimum absolute atomic E-state index is 0.161. The Kier molecular flexibility index (Phi) is 18.7. The largest absolute Gasteiger partial charge is 0.456 e. The summed E-state index contributed by atoms with van der Waals surface area (Å²) in [5.74, 6) is 4.39. The summed E-state index contributed by atoms with van der Waals surface area (Å²) >= 11 is 0. The molecule has 10 heteroatoms. The van der Waals surface area contributed by atoms with Crippen LogP contribution in [-0.2, 0) is 5.41 Å². The van der Waals surface area contributed by atoms with E-state index in [1.54, 1.807) is 5.56 Å². The van der Waals surface area contributed by atoms with Gasteiger partial charge in [0.05, 0.1) is 0 Å². The second-order valence-corrected chi connectivity index (χ2v) is 40.8. The molecule has 0 aliphatic carbocycles. The highest BCUT2D eigenvalue weighted by molar-refractivity contribution is 6.09. The number of furan rings is 5. The number of aryl methyl sites for hydroxylation is 5. The molecular formula is C115H119N5O5. The average molecular weight is 1650 g/mol. The number of anilines is 2. The number of hydrogen-bond acceptors (Lipinski definition) is 10. The summed E-state index contributed by atoms with van der Waals surface area (Å²) in [6.45, 7) is 41.9. The van der Waals surface area contributed by atoms with Crippen molar-refractivity contribution in [3.8, 4) is 0 Å². The Morgan fingerprint density at radius 2 is 0.680 bits per heavy atom. The summed E-state index contributed by atoms with van der Waals surface area (Å²) < 4.78 is 30.4. The number of hydrogen-bond donors (Lipinski definition) is 0. The molecule has 634 valence electrons. The van der Waals surface area contributed by atoms with E-state index in [1.807, 2.05) is 18.2 Å². The van der Waals surface area contributed by atoms with Crippen LogP contribution in [0.2, 0.25) is 0 Å². The Balaban J connectivity index is 0.0000000901. The maximum Gasteiger partial charge on any atom is 0.135 e. The smallest absolute Gasteiger partial charge is 0.135 e. The van der Waals surface area contributed by atoms with Crippen molar-refractivity contribution in [1.82, 2.24) is 14.7 Å². The third-order valence-corrected chi connectivity index (χ3v) is 34.0. The van der Waals surface area contributed by atoms with E-state index in [0.29, 0.717) is 82.6 Å². The van der Waals surface area contributed by atoms with Crippen LogP contribution in [0.3, 0.4) is 0 Å². The second kappa shape index (κ2) is 29.6. The van der Waals surface area contributed by atoms with Crippen LogP contribution < -0.4 is 9.80 Å². The van der Waals surface area contributed by atoms with E-state index in [9.17, 15) is 0 Å². The molecule has 17 aromatic rings. The van der Waals surface area contributed by atoms with E-state index in [-0.39, 0.29) is 5.41 Å². The Morgan fingerprint density at radius 1 is 0.304 bits per heavy atom. The minimum Gasteiger partial charge on any atom is -0.456 e. The first kappa shape index (κ1) is 78.8. The van der Waals surface area contributed by atoms with Gasteiger partial charge in [0.25, 0.3) is 0 Å². The fourth-order valence-electron chi connectivity index (χ4n) is 27.8. The van der Waals surface area contributed by atoms with Gasteiger partial charge in [-0.15, -0.1) is 0 Å². The molecule has 30 rings (SSSR count). The van der Waals surface area contributed by atoms with Gasteiger partial charge in [-0.3, -0.25) is 9.80 Å². The maximum absolute atomic E-state index is 6.11. The number of para-hydroxylation sites is 7. The first-order valence-corrected chi connectivity index (χ1v) is 47.1. The van der Waals surface area contributed by atoms with Gasteiger partial charge in [-0.05, 0) is 334 Å². The van der Waals surface area contributed by atoms with E-state index in [0.717, 1.165) is 74.8 Å². The van der Waals surface area contributed by atoms with E-state index < -0.39 is 0 Å². The summed E-state index contributed by atoms with van der Waals surface area (Å²) in [7, 11) is 0. The summed E-state index contributed by atoms with van der Waals surface area (Å²) in [6.07, 6.45) is 8.00. The predicted octanol–water partition coefficient (Wildman–Crippen LogP) is 28.6. The van der Waals surface area contributed by atoms with Gasteiger partial charge in [-0.25, -0.2) is 0 Å². The van der Waals surface area contributed by atoms with Crippen LogP contribution in [0.1, 0.15) is 203 Å². The van der Waals surface area contributed by atoms with Gasteiger partial charge in [0, 0.05) is 155 Å². The van der Waals surface area contributed by atoms with Crippen molar-refractivity contribution < 1.29 is 22.1 Å². The molecule has 0 saturated carbocycles. The van der Waals surface area contributed by atoms with Crippen LogP contribution >= 0.6 is 0 Å². The number of rotatable bonds is 5. The van der Waals surface area contributed by atoms with Gasteiger partial charge in [-0.2, -0.15) is 0 Å². The topological polar surface area (TPSA) is 81.9 Å². The zero-order valence-electron chi connectivity index (χ0n) is 75.4. The molecule has 13 aliphatic rings. The fraction of sp³-hybridized carbons (Fsp3) is 0.374.